The summed E-state index contributed by atoms with van der Waals surface area (Å²) in [4.78, 5) is 21.1. The van der Waals surface area contributed by atoms with E-state index in [1.807, 2.05) is 38.1 Å². The Labute approximate surface area is 242 Å². The number of likely N-dealkylation sites (tertiary alicyclic amines) is 1. The number of carbonyl (C=O) groups excluding carboxylic acids is 1. The van der Waals surface area contributed by atoms with Crippen LogP contribution in [0.25, 0.3) is 0 Å². The molecule has 5 nitrogen and oxygen atoms in total. The second kappa shape index (κ2) is 13.1. The number of rotatable bonds is 9. The average molecular weight is 546 g/mol. The molecule has 0 bridgehead atoms. The first kappa shape index (κ1) is 29.1. The molecule has 40 heavy (non-hydrogen) atoms. The SMILES string of the molecule is Cc1ccc([C@]2(CCN3CCN(C4CCCCC4)CC3)CCN(C(=O)Cc3cccc(OC(C)C)c3)C2)cc1C. The minimum Gasteiger partial charge on any atom is -0.491 e. The number of hydrogen-bond donors (Lipinski definition) is 0. The van der Waals surface area contributed by atoms with Crippen molar-refractivity contribution in [2.24, 2.45) is 0 Å². The minimum atomic E-state index is 0.0250. The van der Waals surface area contributed by atoms with Crippen LogP contribution in [-0.2, 0) is 16.6 Å². The molecule has 5 rings (SSSR count). The van der Waals surface area contributed by atoms with Crippen LogP contribution in [0.5, 0.6) is 5.75 Å². The van der Waals surface area contributed by atoms with Gasteiger partial charge in [0.15, 0.2) is 0 Å². The lowest BCUT2D eigenvalue weighted by Crippen LogP contribution is -2.51. The maximum absolute atomic E-state index is 13.5. The zero-order valence-electron chi connectivity index (χ0n) is 25.5. The Morgan fingerprint density at radius 1 is 0.950 bits per heavy atom. The fourth-order valence-corrected chi connectivity index (χ4v) is 7.20. The monoisotopic (exact) mass is 545 g/mol. The molecule has 2 aliphatic heterocycles. The number of piperazine rings is 1. The smallest absolute Gasteiger partial charge is 0.227 e. The molecule has 0 radical (unpaired) electrons. The van der Waals surface area contributed by atoms with Crippen molar-refractivity contribution in [3.05, 3.63) is 64.7 Å². The summed E-state index contributed by atoms with van der Waals surface area (Å²) in [6, 6.07) is 15.9. The van der Waals surface area contributed by atoms with Crippen LogP contribution in [0.1, 0.15) is 81.0 Å². The van der Waals surface area contributed by atoms with Crippen LogP contribution in [0.3, 0.4) is 0 Å². The standard InChI is InChI=1S/C35H51N3O2/c1-27(2)40-33-12-8-9-30(24-33)25-34(39)38-18-16-35(26-38,31-14-13-28(3)29(4)23-31)15-17-36-19-21-37(22-20-36)32-10-6-5-7-11-32/h8-9,12-14,23-24,27,32H,5-7,10-11,15-22,25-26H2,1-4H3/t35-/m1/s1. The highest BCUT2D eigenvalue weighted by molar-refractivity contribution is 5.79. The fourth-order valence-electron chi connectivity index (χ4n) is 7.20. The Hall–Kier alpha value is -2.37. The van der Waals surface area contributed by atoms with Gasteiger partial charge in [-0.05, 0) is 94.3 Å². The summed E-state index contributed by atoms with van der Waals surface area (Å²) >= 11 is 0. The quantitative estimate of drug-likeness (QED) is 0.379. The number of amides is 1. The van der Waals surface area contributed by atoms with Gasteiger partial charge in [-0.25, -0.2) is 0 Å². The highest BCUT2D eigenvalue weighted by Gasteiger charge is 2.41. The Morgan fingerprint density at radius 3 is 2.45 bits per heavy atom. The zero-order chi connectivity index (χ0) is 28.1. The van der Waals surface area contributed by atoms with Crippen molar-refractivity contribution in [3.8, 4) is 5.75 Å². The highest BCUT2D eigenvalue weighted by atomic mass is 16.5. The Morgan fingerprint density at radius 2 is 1.73 bits per heavy atom. The van der Waals surface area contributed by atoms with Crippen molar-refractivity contribution in [3.63, 3.8) is 0 Å². The molecule has 1 saturated carbocycles. The topological polar surface area (TPSA) is 36.0 Å². The van der Waals surface area contributed by atoms with E-state index in [0.29, 0.717) is 6.42 Å². The van der Waals surface area contributed by atoms with Gasteiger partial charge in [0.05, 0.1) is 12.5 Å². The van der Waals surface area contributed by atoms with Gasteiger partial charge >= 0.3 is 0 Å². The predicted octanol–water partition coefficient (Wildman–Crippen LogP) is 6.14. The molecule has 218 valence electrons. The van der Waals surface area contributed by atoms with E-state index >= 15 is 0 Å². The van der Waals surface area contributed by atoms with Crippen molar-refractivity contribution < 1.29 is 9.53 Å². The Balaban J connectivity index is 1.24. The lowest BCUT2D eigenvalue weighted by Gasteiger charge is -2.42. The highest BCUT2D eigenvalue weighted by Crippen LogP contribution is 2.39. The Bertz CT molecular complexity index is 1130. The third kappa shape index (κ3) is 7.09. The molecule has 1 aliphatic carbocycles. The summed E-state index contributed by atoms with van der Waals surface area (Å²) in [7, 11) is 0. The summed E-state index contributed by atoms with van der Waals surface area (Å²) in [6.07, 6.45) is 9.75. The van der Waals surface area contributed by atoms with Crippen molar-refractivity contribution >= 4 is 5.91 Å². The van der Waals surface area contributed by atoms with E-state index < -0.39 is 0 Å². The predicted molar refractivity (Wildman–Crippen MR) is 164 cm³/mol. The number of hydrogen-bond acceptors (Lipinski definition) is 4. The van der Waals surface area contributed by atoms with Gasteiger partial charge in [0.1, 0.15) is 5.75 Å². The molecule has 0 N–H and O–H groups in total. The van der Waals surface area contributed by atoms with Crippen molar-refractivity contribution in [1.82, 2.24) is 14.7 Å². The largest absolute Gasteiger partial charge is 0.491 e. The molecule has 0 unspecified atom stereocenters. The number of benzene rings is 2. The fraction of sp³-hybridized carbons (Fsp3) is 0.629. The second-order valence-corrected chi connectivity index (χ2v) is 13.1. The second-order valence-electron chi connectivity index (χ2n) is 13.1. The molecule has 0 spiro atoms. The van der Waals surface area contributed by atoms with Crippen LogP contribution in [0.2, 0.25) is 0 Å². The molecule has 2 saturated heterocycles. The third-order valence-electron chi connectivity index (χ3n) is 9.86. The maximum Gasteiger partial charge on any atom is 0.227 e. The first-order valence-corrected chi connectivity index (χ1v) is 15.9. The molecule has 3 fully saturated rings. The number of aryl methyl sites for hydroxylation is 2. The van der Waals surface area contributed by atoms with Gasteiger partial charge in [0.25, 0.3) is 0 Å². The van der Waals surface area contributed by atoms with Crippen molar-refractivity contribution in [1.29, 1.82) is 0 Å². The molecule has 1 amide bonds. The summed E-state index contributed by atoms with van der Waals surface area (Å²) in [5.41, 5.74) is 5.16. The molecule has 2 heterocycles. The summed E-state index contributed by atoms with van der Waals surface area (Å²) < 4.78 is 5.87. The zero-order valence-corrected chi connectivity index (χ0v) is 25.5. The maximum atomic E-state index is 13.5. The molecule has 2 aromatic carbocycles. The van der Waals surface area contributed by atoms with Crippen LogP contribution in [0, 0.1) is 13.8 Å². The van der Waals surface area contributed by atoms with Gasteiger partial charge in [0.2, 0.25) is 5.91 Å². The molecular formula is C35H51N3O2. The first-order valence-electron chi connectivity index (χ1n) is 15.9. The van der Waals surface area contributed by atoms with Crippen LogP contribution in [0.4, 0.5) is 0 Å². The summed E-state index contributed by atoms with van der Waals surface area (Å²) in [6.45, 7) is 16.0. The van der Waals surface area contributed by atoms with Gasteiger partial charge in [-0.2, -0.15) is 0 Å². The van der Waals surface area contributed by atoms with E-state index in [2.05, 4.69) is 46.7 Å². The summed E-state index contributed by atoms with van der Waals surface area (Å²) in [5, 5.41) is 0. The average Bonchev–Trinajstić information content (AvgIpc) is 3.40. The van der Waals surface area contributed by atoms with Crippen LogP contribution in [0.15, 0.2) is 42.5 Å². The van der Waals surface area contributed by atoms with E-state index in [9.17, 15) is 4.79 Å². The number of carbonyl (C=O) groups is 1. The van der Waals surface area contributed by atoms with E-state index in [4.69, 9.17) is 4.74 Å². The van der Waals surface area contributed by atoms with Gasteiger partial charge < -0.3 is 14.5 Å². The minimum absolute atomic E-state index is 0.0250. The molecule has 0 aromatic heterocycles. The molecule has 5 heteroatoms. The van der Waals surface area contributed by atoms with E-state index in [1.165, 1.54) is 75.0 Å². The first-order chi connectivity index (χ1) is 19.3. The van der Waals surface area contributed by atoms with Crippen molar-refractivity contribution in [2.45, 2.75) is 96.6 Å². The van der Waals surface area contributed by atoms with Gasteiger partial charge in [0, 0.05) is 50.7 Å². The molecular weight excluding hydrogens is 494 g/mol. The lowest BCUT2D eigenvalue weighted by atomic mass is 9.76. The van der Waals surface area contributed by atoms with Crippen LogP contribution >= 0.6 is 0 Å². The van der Waals surface area contributed by atoms with Gasteiger partial charge in [-0.1, -0.05) is 49.6 Å². The van der Waals surface area contributed by atoms with E-state index in [0.717, 1.165) is 49.8 Å². The van der Waals surface area contributed by atoms with Crippen LogP contribution in [-0.4, -0.2) is 78.6 Å². The van der Waals surface area contributed by atoms with Crippen molar-refractivity contribution in [2.75, 3.05) is 45.8 Å². The lowest BCUT2D eigenvalue weighted by molar-refractivity contribution is -0.129. The van der Waals surface area contributed by atoms with E-state index in [1.54, 1.807) is 0 Å². The van der Waals surface area contributed by atoms with Gasteiger partial charge in [-0.3, -0.25) is 9.69 Å². The third-order valence-corrected chi connectivity index (χ3v) is 9.86. The normalized spacial score (nSPS) is 23.2. The van der Waals surface area contributed by atoms with E-state index in [-0.39, 0.29) is 17.4 Å². The molecule has 2 aromatic rings. The molecule has 3 aliphatic rings. The molecule has 1 atom stereocenters. The van der Waals surface area contributed by atoms with Crippen LogP contribution < -0.4 is 4.74 Å². The summed E-state index contributed by atoms with van der Waals surface area (Å²) in [5.74, 6) is 1.07. The number of nitrogens with zero attached hydrogens (tertiary/aromatic N) is 3. The number of ether oxygens (including phenoxy) is 1. The van der Waals surface area contributed by atoms with Gasteiger partial charge in [-0.15, -0.1) is 0 Å². The Kier molecular flexibility index (Phi) is 9.53.